The molecule has 6 aromatic rings. The van der Waals surface area contributed by atoms with Crippen LogP contribution >= 0.6 is 23.2 Å². The zero-order valence-corrected chi connectivity index (χ0v) is 32.4. The Kier molecular flexibility index (Phi) is 12.0. The molecule has 0 bridgehead atoms. The Balaban J connectivity index is 1.07. The number of nitriles is 1. The number of nitrogens with zero attached hydrogens (tertiary/aromatic N) is 4. The average molecular weight is 777 g/mol. The highest BCUT2D eigenvalue weighted by molar-refractivity contribution is 6.35. The van der Waals surface area contributed by atoms with Crippen LogP contribution in [0.5, 0.6) is 17.2 Å². The topological polar surface area (TPSA) is 134 Å². The molecular weight excluding hydrogens is 733 g/mol. The molecule has 282 valence electrons. The van der Waals surface area contributed by atoms with Gasteiger partial charge in [-0.3, -0.25) is 10.1 Å². The molecule has 3 heterocycles. The van der Waals surface area contributed by atoms with Crippen molar-refractivity contribution in [1.82, 2.24) is 25.4 Å². The minimum atomic E-state index is 0.205. The third-order valence-electron chi connectivity index (χ3n) is 10.0. The molecule has 0 spiro atoms. The number of aromatic nitrogens is 3. The number of halogens is 2. The molecule has 4 N–H and O–H groups in total. The molecule has 1 fully saturated rings. The largest absolute Gasteiger partial charge is 0.492 e. The van der Waals surface area contributed by atoms with Crippen molar-refractivity contribution in [3.8, 4) is 34.4 Å². The lowest BCUT2D eigenvalue weighted by Gasteiger charge is -2.29. The van der Waals surface area contributed by atoms with Crippen LogP contribution in [0.1, 0.15) is 46.2 Å². The number of nitrogens with one attached hydrogen (secondary N) is 2. The van der Waals surface area contributed by atoms with Crippen molar-refractivity contribution >= 4 is 39.9 Å². The summed E-state index contributed by atoms with van der Waals surface area (Å²) in [6, 6.07) is 25.7. The van der Waals surface area contributed by atoms with Crippen molar-refractivity contribution in [2.24, 2.45) is 5.92 Å². The van der Waals surface area contributed by atoms with Gasteiger partial charge in [-0.1, -0.05) is 59.6 Å². The molecule has 7 rings (SSSR count). The van der Waals surface area contributed by atoms with Crippen molar-refractivity contribution < 1.29 is 14.2 Å². The average Bonchev–Trinajstić information content (AvgIpc) is 3.56. The highest BCUT2D eigenvalue weighted by Crippen LogP contribution is 2.39. The summed E-state index contributed by atoms with van der Waals surface area (Å²) in [5.74, 6) is 2.74. The second-order valence-electron chi connectivity index (χ2n) is 14.0. The molecule has 0 radical (unpaired) electrons. The summed E-state index contributed by atoms with van der Waals surface area (Å²) < 4.78 is 19.0. The van der Waals surface area contributed by atoms with E-state index < -0.39 is 0 Å². The quantitative estimate of drug-likeness (QED) is 0.0992. The van der Waals surface area contributed by atoms with E-state index in [1.165, 1.54) is 12.6 Å². The molecule has 0 saturated carbocycles. The normalized spacial score (nSPS) is 14.5. The number of piperidine rings is 1. The van der Waals surface area contributed by atoms with Crippen molar-refractivity contribution in [3.63, 3.8) is 0 Å². The van der Waals surface area contributed by atoms with Gasteiger partial charge in [0.2, 0.25) is 0 Å². The standard InChI is InChI=1S/C43H43Cl2N7O3/c1-27-32(7-3-8-34(27)35-9-4-10-39(42(35)45)53-24-29-6-5-13-52(2)23-29)26-55-41-17-40(54-25-31-14-30(18-46)20-48-21-31)33(16-37(41)44)22-49-19-28-11-12-36-38(15-28)50-51-43(36)47/h3-4,7-12,14-17,20-21,29,49H,5-6,13,19,22-26H2,1-2H3,(H3,47,50,51). The monoisotopic (exact) mass is 775 g/mol. The van der Waals surface area contributed by atoms with Gasteiger partial charge in [-0.25, -0.2) is 0 Å². The number of hydrogen-bond acceptors (Lipinski definition) is 9. The number of ether oxygens (including phenoxy) is 3. The zero-order valence-electron chi connectivity index (χ0n) is 30.9. The summed E-state index contributed by atoms with van der Waals surface area (Å²) in [5, 5.41) is 21.9. The van der Waals surface area contributed by atoms with E-state index in [-0.39, 0.29) is 13.2 Å². The van der Waals surface area contributed by atoms with E-state index in [4.69, 9.17) is 43.1 Å². The van der Waals surface area contributed by atoms with Crippen LogP contribution in [0.2, 0.25) is 10.0 Å². The van der Waals surface area contributed by atoms with Crippen molar-refractivity contribution in [3.05, 3.63) is 129 Å². The van der Waals surface area contributed by atoms with Crippen LogP contribution in [0.25, 0.3) is 22.0 Å². The second kappa shape index (κ2) is 17.4. The Labute approximate surface area is 331 Å². The van der Waals surface area contributed by atoms with E-state index in [1.54, 1.807) is 12.3 Å². The maximum atomic E-state index is 9.37. The summed E-state index contributed by atoms with van der Waals surface area (Å²) in [4.78, 5) is 6.54. The van der Waals surface area contributed by atoms with Crippen LogP contribution in [-0.4, -0.2) is 46.8 Å². The number of H-pyrrole nitrogens is 1. The number of rotatable bonds is 14. The maximum Gasteiger partial charge on any atom is 0.153 e. The number of pyridine rings is 1. The van der Waals surface area contributed by atoms with Gasteiger partial charge in [-0.15, -0.1) is 0 Å². The number of aromatic amines is 1. The lowest BCUT2D eigenvalue weighted by atomic mass is 9.96. The Hall–Kier alpha value is -5.31. The van der Waals surface area contributed by atoms with Gasteiger partial charge in [0.25, 0.3) is 0 Å². The first kappa shape index (κ1) is 38.0. The summed E-state index contributed by atoms with van der Waals surface area (Å²) in [6.45, 7) is 6.42. The molecule has 2 aromatic heterocycles. The van der Waals surface area contributed by atoms with Gasteiger partial charge in [0.1, 0.15) is 36.5 Å². The molecule has 55 heavy (non-hydrogen) atoms. The van der Waals surface area contributed by atoms with E-state index in [0.29, 0.717) is 64.3 Å². The summed E-state index contributed by atoms with van der Waals surface area (Å²) in [6.07, 6.45) is 5.55. The van der Waals surface area contributed by atoms with Gasteiger partial charge < -0.3 is 30.2 Å². The Morgan fingerprint density at radius 2 is 1.75 bits per heavy atom. The first-order valence-electron chi connectivity index (χ1n) is 18.3. The summed E-state index contributed by atoms with van der Waals surface area (Å²) in [5.41, 5.74) is 13.9. The van der Waals surface area contributed by atoms with Crippen LogP contribution in [-0.2, 0) is 26.3 Å². The van der Waals surface area contributed by atoms with Gasteiger partial charge >= 0.3 is 0 Å². The van der Waals surface area contributed by atoms with Gasteiger partial charge in [-0.05, 0) is 85.9 Å². The van der Waals surface area contributed by atoms with Gasteiger partial charge in [-0.2, -0.15) is 10.4 Å². The highest BCUT2D eigenvalue weighted by Gasteiger charge is 2.20. The zero-order chi connectivity index (χ0) is 38.3. The van der Waals surface area contributed by atoms with Crippen LogP contribution in [0.15, 0.2) is 85.2 Å². The number of hydrogen-bond donors (Lipinski definition) is 3. The van der Waals surface area contributed by atoms with Crippen LogP contribution in [0, 0.1) is 24.2 Å². The van der Waals surface area contributed by atoms with Crippen LogP contribution in [0.4, 0.5) is 5.82 Å². The van der Waals surface area contributed by atoms with Crippen LogP contribution < -0.4 is 25.3 Å². The second-order valence-corrected chi connectivity index (χ2v) is 14.8. The molecule has 1 unspecified atom stereocenters. The predicted octanol–water partition coefficient (Wildman–Crippen LogP) is 8.86. The fourth-order valence-electron chi connectivity index (χ4n) is 7.02. The smallest absolute Gasteiger partial charge is 0.153 e. The Bertz CT molecular complexity index is 2340. The van der Waals surface area contributed by atoms with Crippen molar-refractivity contribution in [2.45, 2.75) is 46.1 Å². The maximum absolute atomic E-state index is 9.37. The van der Waals surface area contributed by atoms with E-state index in [1.807, 2.05) is 60.7 Å². The summed E-state index contributed by atoms with van der Waals surface area (Å²) >= 11 is 13.9. The van der Waals surface area contributed by atoms with Gasteiger partial charge in [0, 0.05) is 66.1 Å². The number of benzene rings is 4. The number of anilines is 1. The molecule has 1 aliphatic rings. The van der Waals surface area contributed by atoms with Gasteiger partial charge in [0.15, 0.2) is 5.82 Å². The molecule has 0 amide bonds. The molecule has 4 aromatic carbocycles. The molecule has 1 aliphatic heterocycles. The fourth-order valence-corrected chi connectivity index (χ4v) is 7.54. The van der Waals surface area contributed by atoms with Crippen molar-refractivity contribution in [1.29, 1.82) is 5.26 Å². The van der Waals surface area contributed by atoms with Gasteiger partial charge in [0.05, 0.1) is 27.7 Å². The fraction of sp³-hybridized carbons (Fsp3) is 0.279. The lowest BCUT2D eigenvalue weighted by Crippen LogP contribution is -2.34. The number of fused-ring (bicyclic) bond motifs is 1. The molecule has 1 atom stereocenters. The predicted molar refractivity (Wildman–Crippen MR) is 217 cm³/mol. The third kappa shape index (κ3) is 9.15. The minimum Gasteiger partial charge on any atom is -0.492 e. The van der Waals surface area contributed by atoms with Crippen LogP contribution in [0.3, 0.4) is 0 Å². The SMILES string of the molecule is Cc1c(COc2cc(OCc3cncc(C#N)c3)c(CNCc3ccc4c(N)n[nH]c4c3)cc2Cl)cccc1-c1cccc(OCC2CCCN(C)C2)c1Cl. The number of nitrogen functional groups attached to an aromatic ring is 1. The molecule has 0 aliphatic carbocycles. The van der Waals surface area contributed by atoms with E-state index in [0.717, 1.165) is 69.4 Å². The van der Waals surface area contributed by atoms with E-state index in [9.17, 15) is 5.26 Å². The molecule has 12 heteroatoms. The molecular formula is C43H43Cl2N7O3. The van der Waals surface area contributed by atoms with Crippen molar-refractivity contribution in [2.75, 3.05) is 32.5 Å². The summed E-state index contributed by atoms with van der Waals surface area (Å²) in [7, 11) is 2.16. The Morgan fingerprint density at radius 3 is 2.60 bits per heavy atom. The molecule has 1 saturated heterocycles. The number of nitrogens with two attached hydrogens (primary N) is 1. The van der Waals surface area contributed by atoms with E-state index in [2.05, 4.69) is 51.5 Å². The highest BCUT2D eigenvalue weighted by atomic mass is 35.5. The lowest BCUT2D eigenvalue weighted by molar-refractivity contribution is 0.150. The first-order chi connectivity index (χ1) is 26.7. The molecule has 10 nitrogen and oxygen atoms in total. The Morgan fingerprint density at radius 1 is 0.909 bits per heavy atom. The number of likely N-dealkylation sites (tertiary alicyclic amines) is 1. The minimum absolute atomic E-state index is 0.205. The third-order valence-corrected chi connectivity index (χ3v) is 10.7. The first-order valence-corrected chi connectivity index (χ1v) is 19.0. The van der Waals surface area contributed by atoms with E-state index >= 15 is 0 Å².